The predicted molar refractivity (Wildman–Crippen MR) is 97.5 cm³/mol. The summed E-state index contributed by atoms with van der Waals surface area (Å²) in [7, 11) is 0. The van der Waals surface area contributed by atoms with Gasteiger partial charge in [0, 0.05) is 0 Å². The van der Waals surface area contributed by atoms with Crippen molar-refractivity contribution in [1.82, 2.24) is 5.32 Å². The summed E-state index contributed by atoms with van der Waals surface area (Å²) < 4.78 is 36.6. The Balaban J connectivity index is 1.94. The van der Waals surface area contributed by atoms with E-state index in [-0.39, 0.29) is 6.61 Å². The normalized spacial score (nSPS) is 11.3. The Morgan fingerprint density at radius 2 is 1.57 bits per heavy atom. The van der Waals surface area contributed by atoms with Gasteiger partial charge < -0.3 is 19.9 Å². The number of rotatable bonds is 9. The van der Waals surface area contributed by atoms with E-state index in [0.717, 1.165) is 18.2 Å². The molecule has 0 aliphatic heterocycles. The van der Waals surface area contributed by atoms with Crippen LogP contribution in [0.1, 0.15) is 22.3 Å². The highest BCUT2D eigenvalue weighted by Gasteiger charge is 2.27. The number of carbonyl (C=O) groups excluding carboxylic acids is 3. The number of alkyl carbamates (subject to hydrolysis) is 1. The Morgan fingerprint density at radius 1 is 0.933 bits per heavy atom. The zero-order valence-corrected chi connectivity index (χ0v) is 15.5. The zero-order chi connectivity index (χ0) is 22.1. The maximum atomic E-state index is 13.6. The lowest BCUT2D eigenvalue weighted by molar-refractivity contribution is -0.139. The van der Waals surface area contributed by atoms with E-state index >= 15 is 0 Å². The summed E-state index contributed by atoms with van der Waals surface area (Å²) in [4.78, 5) is 46.9. The Morgan fingerprint density at radius 3 is 2.17 bits per heavy atom. The molecule has 0 radical (unpaired) electrons. The molecule has 158 valence electrons. The number of esters is 1. The van der Waals surface area contributed by atoms with Crippen LogP contribution in [0.4, 0.5) is 13.6 Å². The summed E-state index contributed by atoms with van der Waals surface area (Å²) in [5, 5.41) is 11.0. The van der Waals surface area contributed by atoms with E-state index in [1.807, 2.05) is 0 Å². The number of aliphatic carboxylic acids is 1. The number of carboxylic acids is 1. The first-order valence-electron chi connectivity index (χ1n) is 8.60. The highest BCUT2D eigenvalue weighted by molar-refractivity contribution is 5.95. The Labute approximate surface area is 169 Å². The number of ether oxygens (including phenoxy) is 2. The van der Waals surface area contributed by atoms with Gasteiger partial charge in [-0.15, -0.1) is 0 Å². The quantitative estimate of drug-likeness (QED) is 0.597. The molecule has 2 aromatic rings. The maximum Gasteiger partial charge on any atom is 0.408 e. The number of hydrogen-bond donors (Lipinski definition) is 2. The van der Waals surface area contributed by atoms with E-state index in [9.17, 15) is 28.0 Å². The number of halogens is 2. The highest BCUT2D eigenvalue weighted by atomic mass is 19.1. The number of Topliss-reactive ketones (excluding diaryl/α,β-unsaturated/α-hetero) is 1. The second kappa shape index (κ2) is 10.6. The van der Waals surface area contributed by atoms with Crippen LogP contribution in [0.3, 0.4) is 0 Å². The van der Waals surface area contributed by atoms with E-state index in [0.29, 0.717) is 5.56 Å². The molecule has 0 spiro atoms. The number of benzene rings is 2. The molecular weight excluding hydrogens is 404 g/mol. The van der Waals surface area contributed by atoms with Crippen molar-refractivity contribution in [3.63, 3.8) is 0 Å². The van der Waals surface area contributed by atoms with Crippen LogP contribution in [0.15, 0.2) is 48.5 Å². The Bertz CT molecular complexity index is 914. The van der Waals surface area contributed by atoms with Gasteiger partial charge in [-0.1, -0.05) is 36.4 Å². The van der Waals surface area contributed by atoms with Gasteiger partial charge in [-0.25, -0.2) is 18.4 Å². The molecule has 0 saturated carbocycles. The zero-order valence-electron chi connectivity index (χ0n) is 15.5. The molecule has 0 aliphatic rings. The van der Waals surface area contributed by atoms with Crippen molar-refractivity contribution in [2.24, 2.45) is 0 Å². The minimum absolute atomic E-state index is 0.123. The van der Waals surface area contributed by atoms with Crippen molar-refractivity contribution in [1.29, 1.82) is 0 Å². The van der Waals surface area contributed by atoms with Gasteiger partial charge in [-0.3, -0.25) is 9.59 Å². The van der Waals surface area contributed by atoms with Crippen LogP contribution in [-0.4, -0.2) is 41.6 Å². The third-order valence-electron chi connectivity index (χ3n) is 3.78. The monoisotopic (exact) mass is 421 g/mol. The Hall–Kier alpha value is -3.82. The molecule has 0 saturated heterocycles. The molecule has 30 heavy (non-hydrogen) atoms. The maximum absolute atomic E-state index is 13.6. The predicted octanol–water partition coefficient (Wildman–Crippen LogP) is 2.46. The molecule has 2 N–H and O–H groups in total. The van der Waals surface area contributed by atoms with Gasteiger partial charge in [0.1, 0.15) is 29.8 Å². The smallest absolute Gasteiger partial charge is 0.408 e. The highest BCUT2D eigenvalue weighted by Crippen LogP contribution is 2.13. The lowest BCUT2D eigenvalue weighted by Gasteiger charge is -2.16. The van der Waals surface area contributed by atoms with Gasteiger partial charge >= 0.3 is 18.0 Å². The molecule has 0 heterocycles. The first-order chi connectivity index (χ1) is 14.3. The number of hydrogen-bond acceptors (Lipinski definition) is 6. The lowest BCUT2D eigenvalue weighted by atomic mass is 10.1. The number of amides is 1. The molecule has 10 heteroatoms. The van der Waals surface area contributed by atoms with Crippen molar-refractivity contribution >= 4 is 23.8 Å². The molecule has 0 fully saturated rings. The summed E-state index contributed by atoms with van der Waals surface area (Å²) in [6.07, 6.45) is -1.88. The van der Waals surface area contributed by atoms with E-state index in [4.69, 9.17) is 9.84 Å². The Kier molecular flexibility index (Phi) is 7.98. The third-order valence-corrected chi connectivity index (χ3v) is 3.78. The van der Waals surface area contributed by atoms with E-state index < -0.39 is 60.1 Å². The van der Waals surface area contributed by atoms with Crippen LogP contribution in [-0.2, 0) is 25.7 Å². The molecule has 1 atom stereocenters. The molecule has 0 aromatic heterocycles. The third kappa shape index (κ3) is 6.66. The molecule has 1 amide bonds. The van der Waals surface area contributed by atoms with Crippen molar-refractivity contribution in [3.05, 3.63) is 71.3 Å². The van der Waals surface area contributed by atoms with Gasteiger partial charge in [0.2, 0.25) is 0 Å². The largest absolute Gasteiger partial charge is 0.481 e. The van der Waals surface area contributed by atoms with Crippen molar-refractivity contribution < 1.29 is 42.5 Å². The second-order valence-electron chi connectivity index (χ2n) is 6.00. The average molecular weight is 421 g/mol. The minimum atomic E-state index is -1.58. The molecule has 8 nitrogen and oxygen atoms in total. The molecule has 2 rings (SSSR count). The van der Waals surface area contributed by atoms with Crippen molar-refractivity contribution in [3.8, 4) is 0 Å². The van der Waals surface area contributed by atoms with Crippen LogP contribution in [0.5, 0.6) is 0 Å². The summed E-state index contributed by atoms with van der Waals surface area (Å²) in [6.45, 7) is -1.13. The topological polar surface area (TPSA) is 119 Å². The number of ketones is 1. The fourth-order valence-electron chi connectivity index (χ4n) is 2.33. The van der Waals surface area contributed by atoms with Gasteiger partial charge in [-0.05, 0) is 17.7 Å². The van der Waals surface area contributed by atoms with Gasteiger partial charge in [0.25, 0.3) is 0 Å². The van der Waals surface area contributed by atoms with Crippen molar-refractivity contribution in [2.45, 2.75) is 19.1 Å². The fraction of sp³-hybridized carbons (Fsp3) is 0.200. The summed E-state index contributed by atoms with van der Waals surface area (Å²) in [5.41, 5.74) is -0.329. The number of carboxylic acid groups (broad SMARTS) is 1. The summed E-state index contributed by atoms with van der Waals surface area (Å²) >= 11 is 0. The second-order valence-corrected chi connectivity index (χ2v) is 6.00. The number of carbonyl (C=O) groups is 4. The molecule has 1 unspecified atom stereocenters. The van der Waals surface area contributed by atoms with E-state index in [1.165, 1.54) is 0 Å². The standard InChI is InChI=1S/C20H17F2NO7/c21-13-7-4-8-14(22)18(13)19(27)29-11-16(24)15(9-17(25)26)23-20(28)30-10-12-5-2-1-3-6-12/h1-8,15H,9-11H2,(H,23,28)(H,25,26). The molecule has 2 aromatic carbocycles. The lowest BCUT2D eigenvalue weighted by Crippen LogP contribution is -2.44. The summed E-state index contributed by atoms with van der Waals surface area (Å²) in [5.74, 6) is -6.23. The first kappa shape index (κ1) is 22.5. The average Bonchev–Trinajstić information content (AvgIpc) is 2.70. The van der Waals surface area contributed by atoms with Crippen LogP contribution in [0.25, 0.3) is 0 Å². The van der Waals surface area contributed by atoms with Gasteiger partial charge in [-0.2, -0.15) is 0 Å². The van der Waals surface area contributed by atoms with Crippen LogP contribution < -0.4 is 5.32 Å². The van der Waals surface area contributed by atoms with Gasteiger partial charge in [0.15, 0.2) is 12.4 Å². The summed E-state index contributed by atoms with van der Waals surface area (Å²) in [6, 6.07) is 9.71. The van der Waals surface area contributed by atoms with E-state index in [1.54, 1.807) is 30.3 Å². The van der Waals surface area contributed by atoms with Crippen LogP contribution in [0.2, 0.25) is 0 Å². The molecule has 0 bridgehead atoms. The van der Waals surface area contributed by atoms with E-state index in [2.05, 4.69) is 10.1 Å². The SMILES string of the molecule is O=C(O)CC(NC(=O)OCc1ccccc1)C(=O)COC(=O)c1c(F)cccc1F. The van der Waals surface area contributed by atoms with Crippen LogP contribution >= 0.6 is 0 Å². The van der Waals surface area contributed by atoms with Crippen molar-refractivity contribution in [2.75, 3.05) is 6.61 Å². The first-order valence-corrected chi connectivity index (χ1v) is 8.60. The molecule has 0 aliphatic carbocycles. The van der Waals surface area contributed by atoms with Crippen LogP contribution in [0, 0.1) is 11.6 Å². The minimum Gasteiger partial charge on any atom is -0.481 e. The fourth-order valence-corrected chi connectivity index (χ4v) is 2.33. The molecular formula is C20H17F2NO7. The van der Waals surface area contributed by atoms with Gasteiger partial charge in [0.05, 0.1) is 6.42 Å². The number of nitrogens with one attached hydrogen (secondary N) is 1.